The number of hydrogen-bond donors (Lipinski definition) is 0. The van der Waals surface area contributed by atoms with Crippen LogP contribution in [0.5, 0.6) is 0 Å². The van der Waals surface area contributed by atoms with E-state index in [1.165, 1.54) is 15.7 Å². The van der Waals surface area contributed by atoms with Crippen molar-refractivity contribution in [2.24, 2.45) is 0 Å². The van der Waals surface area contributed by atoms with Gasteiger partial charge in [-0.25, -0.2) is 0 Å². The van der Waals surface area contributed by atoms with Gasteiger partial charge in [0.2, 0.25) is 5.82 Å². The number of nitro groups is 1. The molecule has 0 aliphatic heterocycles. The number of hydrogen-bond acceptors (Lipinski definition) is 7. The maximum atomic E-state index is 11.7. The normalized spacial score (nSPS) is 14.3. The van der Waals surface area contributed by atoms with Crippen LogP contribution in [-0.4, -0.2) is 39.5 Å². The van der Waals surface area contributed by atoms with Crippen LogP contribution < -0.4 is 4.90 Å². The van der Waals surface area contributed by atoms with Crippen LogP contribution in [0.4, 0.5) is 11.6 Å². The van der Waals surface area contributed by atoms with Crippen LogP contribution in [0.1, 0.15) is 19.8 Å². The van der Waals surface area contributed by atoms with Crippen molar-refractivity contribution in [1.29, 1.82) is 0 Å². The van der Waals surface area contributed by atoms with Gasteiger partial charge >= 0.3 is 11.8 Å². The molecule has 0 saturated heterocycles. The first-order chi connectivity index (χ1) is 10.1. The van der Waals surface area contributed by atoms with Gasteiger partial charge in [-0.05, 0) is 24.7 Å². The molecule has 2 aromatic rings. The van der Waals surface area contributed by atoms with Gasteiger partial charge in [-0.15, -0.1) is 0 Å². The summed E-state index contributed by atoms with van der Waals surface area (Å²) in [6, 6.07) is 0.123. The average molecular weight is 310 g/mol. The fourth-order valence-electron chi connectivity index (χ4n) is 2.23. The standard InChI is InChI=1S/C12H14N4O4S/c1-2-20-9(17)7-15(8-3-4-8)10-11(16(18)19)14-5-6-21-12(14)13-10/h5-6,8H,2-4,7H2,1H3. The zero-order valence-corrected chi connectivity index (χ0v) is 12.2. The topological polar surface area (TPSA) is 90.0 Å². The van der Waals surface area contributed by atoms with Gasteiger partial charge in [0.25, 0.3) is 4.96 Å². The Labute approximate surface area is 124 Å². The molecule has 1 aliphatic carbocycles. The highest BCUT2D eigenvalue weighted by Gasteiger charge is 2.38. The fraction of sp³-hybridized carbons (Fsp3) is 0.500. The van der Waals surface area contributed by atoms with E-state index in [0.717, 1.165) is 12.8 Å². The van der Waals surface area contributed by atoms with E-state index >= 15 is 0 Å². The Morgan fingerprint density at radius 2 is 2.43 bits per heavy atom. The molecular formula is C12H14N4O4S. The van der Waals surface area contributed by atoms with Crippen molar-refractivity contribution in [2.75, 3.05) is 18.1 Å². The molecule has 0 unspecified atom stereocenters. The molecule has 1 fully saturated rings. The van der Waals surface area contributed by atoms with Crippen LogP contribution >= 0.6 is 11.3 Å². The molecule has 0 N–H and O–H groups in total. The van der Waals surface area contributed by atoms with Gasteiger partial charge in [0, 0.05) is 11.4 Å². The lowest BCUT2D eigenvalue weighted by molar-refractivity contribution is -0.389. The summed E-state index contributed by atoms with van der Waals surface area (Å²) in [5.41, 5.74) is 0. The second kappa shape index (κ2) is 5.32. The molecule has 21 heavy (non-hydrogen) atoms. The molecule has 0 spiro atoms. The second-order valence-corrected chi connectivity index (χ2v) is 5.61. The molecule has 112 valence electrons. The maximum Gasteiger partial charge on any atom is 0.373 e. The van der Waals surface area contributed by atoms with Crippen LogP contribution in [0.15, 0.2) is 11.6 Å². The Balaban J connectivity index is 1.99. The number of nitrogens with zero attached hydrogens (tertiary/aromatic N) is 4. The molecule has 9 heteroatoms. The minimum Gasteiger partial charge on any atom is -0.465 e. The van der Waals surface area contributed by atoms with Gasteiger partial charge in [-0.2, -0.15) is 9.38 Å². The van der Waals surface area contributed by atoms with Crippen molar-refractivity contribution in [3.63, 3.8) is 0 Å². The van der Waals surface area contributed by atoms with Crippen LogP contribution in [0.2, 0.25) is 0 Å². The Kier molecular flexibility index (Phi) is 3.50. The Bertz CT molecular complexity index is 691. The second-order valence-electron chi connectivity index (χ2n) is 4.74. The summed E-state index contributed by atoms with van der Waals surface area (Å²) in [6.45, 7) is 2.01. The number of imidazole rings is 1. The molecule has 2 heterocycles. The van der Waals surface area contributed by atoms with Gasteiger partial charge in [0.05, 0.1) is 6.61 Å². The largest absolute Gasteiger partial charge is 0.465 e. The summed E-state index contributed by atoms with van der Waals surface area (Å²) >= 11 is 1.32. The van der Waals surface area contributed by atoms with Crippen LogP contribution in [-0.2, 0) is 9.53 Å². The first kappa shape index (κ1) is 13.8. The zero-order chi connectivity index (χ0) is 15.0. The van der Waals surface area contributed by atoms with E-state index in [-0.39, 0.29) is 30.8 Å². The molecule has 0 atom stereocenters. The third-order valence-corrected chi connectivity index (χ3v) is 4.01. The minimum absolute atomic E-state index is 0.00974. The summed E-state index contributed by atoms with van der Waals surface area (Å²) in [6.07, 6.45) is 3.42. The highest BCUT2D eigenvalue weighted by Crippen LogP contribution is 2.37. The monoisotopic (exact) mass is 310 g/mol. The van der Waals surface area contributed by atoms with Crippen molar-refractivity contribution in [3.8, 4) is 0 Å². The smallest absolute Gasteiger partial charge is 0.373 e. The Morgan fingerprint density at radius 1 is 1.67 bits per heavy atom. The molecule has 0 aromatic carbocycles. The minimum atomic E-state index is -0.456. The van der Waals surface area contributed by atoms with Gasteiger partial charge < -0.3 is 19.8 Å². The zero-order valence-electron chi connectivity index (χ0n) is 11.4. The molecule has 0 bridgehead atoms. The molecule has 0 radical (unpaired) electrons. The Hall–Kier alpha value is -2.16. The van der Waals surface area contributed by atoms with Crippen molar-refractivity contribution in [2.45, 2.75) is 25.8 Å². The number of ether oxygens (including phenoxy) is 1. The van der Waals surface area contributed by atoms with E-state index < -0.39 is 10.9 Å². The predicted molar refractivity (Wildman–Crippen MR) is 76.7 cm³/mol. The van der Waals surface area contributed by atoms with E-state index in [1.807, 2.05) is 0 Å². The van der Waals surface area contributed by atoms with Gasteiger partial charge in [-0.1, -0.05) is 11.3 Å². The van der Waals surface area contributed by atoms with Crippen molar-refractivity contribution >= 4 is 33.9 Å². The highest BCUT2D eigenvalue weighted by atomic mass is 32.1. The summed E-state index contributed by atoms with van der Waals surface area (Å²) in [5, 5.41) is 13.1. The lowest BCUT2D eigenvalue weighted by atomic mass is 10.4. The van der Waals surface area contributed by atoms with E-state index in [1.54, 1.807) is 23.4 Å². The van der Waals surface area contributed by atoms with Crippen LogP contribution in [0.3, 0.4) is 0 Å². The van der Waals surface area contributed by atoms with Gasteiger partial charge in [0.15, 0.2) is 0 Å². The number of carbonyl (C=O) groups excluding carboxylic acids is 1. The Morgan fingerprint density at radius 3 is 3.05 bits per heavy atom. The number of esters is 1. The molecule has 2 aromatic heterocycles. The molecule has 1 saturated carbocycles. The van der Waals surface area contributed by atoms with Crippen molar-refractivity contribution < 1.29 is 14.5 Å². The third kappa shape index (κ3) is 2.56. The van der Waals surface area contributed by atoms with E-state index in [0.29, 0.717) is 4.96 Å². The predicted octanol–water partition coefficient (Wildman–Crippen LogP) is 1.84. The van der Waals surface area contributed by atoms with E-state index in [2.05, 4.69) is 4.98 Å². The lowest BCUT2D eigenvalue weighted by Gasteiger charge is -2.20. The first-order valence-corrected chi connectivity index (χ1v) is 7.52. The SMILES string of the molecule is CCOC(=O)CN(c1nc2sccn2c1[N+](=O)[O-])C1CC1. The van der Waals surface area contributed by atoms with Crippen LogP contribution in [0, 0.1) is 10.1 Å². The molecule has 3 rings (SSSR count). The highest BCUT2D eigenvalue weighted by molar-refractivity contribution is 7.15. The molecule has 8 nitrogen and oxygen atoms in total. The average Bonchev–Trinajstić information content (AvgIpc) is 3.04. The van der Waals surface area contributed by atoms with Gasteiger partial charge in [-0.3, -0.25) is 4.79 Å². The van der Waals surface area contributed by atoms with E-state index in [9.17, 15) is 14.9 Å². The summed E-state index contributed by atoms with van der Waals surface area (Å²) in [5.74, 6) is -0.236. The quantitative estimate of drug-likeness (QED) is 0.459. The summed E-state index contributed by atoms with van der Waals surface area (Å²) in [4.78, 5) is 29.2. The fourth-order valence-corrected chi connectivity index (χ4v) is 2.94. The maximum absolute atomic E-state index is 11.7. The van der Waals surface area contributed by atoms with Gasteiger partial charge in [0.1, 0.15) is 12.7 Å². The number of anilines is 1. The van der Waals surface area contributed by atoms with E-state index in [4.69, 9.17) is 4.74 Å². The molecular weight excluding hydrogens is 296 g/mol. The van der Waals surface area contributed by atoms with Crippen LogP contribution in [0.25, 0.3) is 4.96 Å². The number of rotatable bonds is 6. The number of thiazole rings is 1. The number of carbonyl (C=O) groups is 1. The number of aromatic nitrogens is 2. The molecule has 0 amide bonds. The third-order valence-electron chi connectivity index (χ3n) is 3.26. The summed E-state index contributed by atoms with van der Waals surface area (Å²) in [7, 11) is 0. The summed E-state index contributed by atoms with van der Waals surface area (Å²) < 4.78 is 6.39. The van der Waals surface area contributed by atoms with Crippen molar-refractivity contribution in [3.05, 3.63) is 21.7 Å². The first-order valence-electron chi connectivity index (χ1n) is 6.64. The van der Waals surface area contributed by atoms with Crippen molar-refractivity contribution in [1.82, 2.24) is 9.38 Å². The lowest BCUT2D eigenvalue weighted by Crippen LogP contribution is -2.33. The number of fused-ring (bicyclic) bond motifs is 1. The molecule has 1 aliphatic rings.